The van der Waals surface area contributed by atoms with Crippen LogP contribution in [0.25, 0.3) is 0 Å². The van der Waals surface area contributed by atoms with Gasteiger partial charge < -0.3 is 15.0 Å². The van der Waals surface area contributed by atoms with Gasteiger partial charge in [0.2, 0.25) is 5.91 Å². The monoisotopic (exact) mass is 518 g/mol. The number of carbonyl (C=O) groups excluding carboxylic acids is 2. The zero-order valence-corrected chi connectivity index (χ0v) is 22.8. The molecule has 2 fully saturated rings. The molecule has 0 bridgehead atoms. The fourth-order valence-corrected chi connectivity index (χ4v) is 5.50. The van der Waals surface area contributed by atoms with Crippen LogP contribution in [0.2, 0.25) is 0 Å². The summed E-state index contributed by atoms with van der Waals surface area (Å²) in [6.45, 7) is 8.54. The molecule has 9 heteroatoms. The van der Waals surface area contributed by atoms with Crippen molar-refractivity contribution in [2.24, 2.45) is 5.41 Å². The molecule has 0 atom stereocenters. The molecular weight excluding hydrogens is 480 g/mol. The van der Waals surface area contributed by atoms with Crippen molar-refractivity contribution in [2.75, 3.05) is 20.2 Å². The molecule has 1 aromatic carbocycles. The SMILES string of the molecule is COc1ccc(Cn2cc(CC(=O)N3CC4(CCC(NC(=O)c5cc(C(C)(C)C)[nH]n5)CC4)C3)cn2)cc1. The van der Waals surface area contributed by atoms with E-state index in [4.69, 9.17) is 4.74 Å². The number of hydrogen-bond donors (Lipinski definition) is 2. The predicted octanol–water partition coefficient (Wildman–Crippen LogP) is 3.70. The zero-order chi connectivity index (χ0) is 26.9. The third kappa shape index (κ3) is 5.76. The summed E-state index contributed by atoms with van der Waals surface area (Å²) in [7, 11) is 1.65. The van der Waals surface area contributed by atoms with Crippen molar-refractivity contribution in [3.63, 3.8) is 0 Å². The second kappa shape index (κ2) is 10.3. The van der Waals surface area contributed by atoms with E-state index in [0.29, 0.717) is 18.7 Å². The first-order valence-corrected chi connectivity index (χ1v) is 13.4. The molecule has 0 unspecified atom stereocenters. The van der Waals surface area contributed by atoms with E-state index in [9.17, 15) is 9.59 Å². The van der Waals surface area contributed by atoms with Crippen LogP contribution in [0.1, 0.15) is 73.8 Å². The molecule has 9 nitrogen and oxygen atoms in total. The minimum absolute atomic E-state index is 0.0754. The molecular formula is C29H38N6O3. The Labute approximate surface area is 223 Å². The predicted molar refractivity (Wildman–Crippen MR) is 144 cm³/mol. The number of nitrogens with one attached hydrogen (secondary N) is 2. The Hall–Kier alpha value is -3.62. The summed E-state index contributed by atoms with van der Waals surface area (Å²) in [5, 5.41) is 14.8. The number of amides is 2. The van der Waals surface area contributed by atoms with Crippen LogP contribution in [-0.4, -0.2) is 62.9 Å². The maximum atomic E-state index is 12.9. The van der Waals surface area contributed by atoms with Crippen LogP contribution in [0.15, 0.2) is 42.7 Å². The average molecular weight is 519 g/mol. The molecule has 3 aromatic rings. The van der Waals surface area contributed by atoms with E-state index in [1.54, 1.807) is 13.3 Å². The van der Waals surface area contributed by atoms with E-state index in [0.717, 1.165) is 61.3 Å². The van der Waals surface area contributed by atoms with Gasteiger partial charge in [0, 0.05) is 41.9 Å². The molecule has 2 aromatic heterocycles. The molecule has 1 aliphatic heterocycles. The number of likely N-dealkylation sites (tertiary alicyclic amines) is 1. The van der Waals surface area contributed by atoms with E-state index in [1.165, 1.54) is 0 Å². The van der Waals surface area contributed by atoms with Crippen molar-refractivity contribution in [2.45, 2.75) is 70.9 Å². The summed E-state index contributed by atoms with van der Waals surface area (Å²) in [6, 6.07) is 9.91. The van der Waals surface area contributed by atoms with Crippen LogP contribution in [-0.2, 0) is 23.2 Å². The van der Waals surface area contributed by atoms with E-state index in [1.807, 2.05) is 46.1 Å². The van der Waals surface area contributed by atoms with Crippen LogP contribution >= 0.6 is 0 Å². The highest BCUT2D eigenvalue weighted by atomic mass is 16.5. The molecule has 38 heavy (non-hydrogen) atoms. The third-order valence-electron chi connectivity index (χ3n) is 7.95. The standard InChI is InChI=1S/C29H38N6O3/c1-28(2,3)25-14-24(32-33-25)27(37)31-22-9-11-29(12-10-22)18-34(19-29)26(36)13-21-15-30-35(17-21)16-20-5-7-23(38-4)8-6-20/h5-8,14-15,17,22H,9-13,16,18-19H2,1-4H3,(H,31,37)(H,32,33). The quantitative estimate of drug-likeness (QED) is 0.496. The molecule has 5 rings (SSSR count). The highest BCUT2D eigenvalue weighted by Crippen LogP contribution is 2.44. The maximum absolute atomic E-state index is 12.9. The Morgan fingerprint density at radius 1 is 1.13 bits per heavy atom. The van der Waals surface area contributed by atoms with Gasteiger partial charge in [-0.3, -0.25) is 19.4 Å². The summed E-state index contributed by atoms with van der Waals surface area (Å²) in [4.78, 5) is 27.6. The molecule has 1 spiro atoms. The minimum atomic E-state index is -0.115. The summed E-state index contributed by atoms with van der Waals surface area (Å²) >= 11 is 0. The molecule has 0 radical (unpaired) electrons. The minimum Gasteiger partial charge on any atom is -0.497 e. The van der Waals surface area contributed by atoms with Crippen molar-refractivity contribution in [1.29, 1.82) is 0 Å². The smallest absolute Gasteiger partial charge is 0.271 e. The first kappa shape index (κ1) is 26.0. The van der Waals surface area contributed by atoms with E-state index in [2.05, 4.69) is 41.4 Å². The van der Waals surface area contributed by atoms with Gasteiger partial charge in [-0.25, -0.2) is 0 Å². The average Bonchev–Trinajstić information content (AvgIpc) is 3.54. The molecule has 202 valence electrons. The Balaban J connectivity index is 1.05. The van der Waals surface area contributed by atoms with Crippen LogP contribution in [0.5, 0.6) is 5.75 Å². The van der Waals surface area contributed by atoms with E-state index in [-0.39, 0.29) is 28.7 Å². The number of aromatic amines is 1. The second-order valence-corrected chi connectivity index (χ2v) is 12.0. The molecule has 2 aliphatic rings. The Bertz CT molecular complexity index is 1270. The summed E-state index contributed by atoms with van der Waals surface area (Å²) in [5.74, 6) is 0.869. The second-order valence-electron chi connectivity index (χ2n) is 12.0. The fraction of sp³-hybridized carbons (Fsp3) is 0.517. The maximum Gasteiger partial charge on any atom is 0.271 e. The van der Waals surface area contributed by atoms with Gasteiger partial charge in [-0.1, -0.05) is 32.9 Å². The number of rotatable bonds is 7. The lowest BCUT2D eigenvalue weighted by Crippen LogP contribution is -2.60. The number of nitrogens with zero attached hydrogens (tertiary/aromatic N) is 4. The van der Waals surface area contributed by atoms with Gasteiger partial charge in [0.1, 0.15) is 11.4 Å². The molecule has 2 N–H and O–H groups in total. The van der Waals surface area contributed by atoms with Crippen LogP contribution < -0.4 is 10.1 Å². The lowest BCUT2D eigenvalue weighted by atomic mass is 9.67. The van der Waals surface area contributed by atoms with Crippen LogP contribution in [0.3, 0.4) is 0 Å². The molecule has 1 aliphatic carbocycles. The van der Waals surface area contributed by atoms with E-state index < -0.39 is 0 Å². The Kier molecular flexibility index (Phi) is 7.03. The molecule has 2 amide bonds. The number of carbonyl (C=O) groups is 2. The number of ether oxygens (including phenoxy) is 1. The van der Waals surface area contributed by atoms with Crippen molar-refractivity contribution >= 4 is 11.8 Å². The number of methoxy groups -OCH3 is 1. The van der Waals surface area contributed by atoms with E-state index >= 15 is 0 Å². The fourth-order valence-electron chi connectivity index (χ4n) is 5.50. The normalized spacial score (nSPS) is 17.3. The topological polar surface area (TPSA) is 105 Å². The summed E-state index contributed by atoms with van der Waals surface area (Å²) in [5.41, 5.74) is 3.58. The summed E-state index contributed by atoms with van der Waals surface area (Å²) in [6.07, 6.45) is 8.02. The molecule has 3 heterocycles. The first-order valence-electron chi connectivity index (χ1n) is 13.4. The van der Waals surface area contributed by atoms with Crippen molar-refractivity contribution in [3.05, 3.63) is 65.2 Å². The lowest BCUT2D eigenvalue weighted by Gasteiger charge is -2.53. The van der Waals surface area contributed by atoms with Crippen molar-refractivity contribution in [3.8, 4) is 5.75 Å². The number of hydrogen-bond acceptors (Lipinski definition) is 5. The largest absolute Gasteiger partial charge is 0.497 e. The van der Waals surface area contributed by atoms with Gasteiger partial charge in [-0.15, -0.1) is 0 Å². The third-order valence-corrected chi connectivity index (χ3v) is 7.95. The highest BCUT2D eigenvalue weighted by Gasteiger charge is 2.46. The number of aromatic nitrogens is 4. The number of benzene rings is 1. The zero-order valence-electron chi connectivity index (χ0n) is 22.8. The first-order chi connectivity index (χ1) is 18.1. The van der Waals surface area contributed by atoms with Gasteiger partial charge in [0.05, 0.1) is 26.3 Å². The van der Waals surface area contributed by atoms with Crippen LogP contribution in [0.4, 0.5) is 0 Å². The lowest BCUT2D eigenvalue weighted by molar-refractivity contribution is -0.145. The van der Waals surface area contributed by atoms with Crippen molar-refractivity contribution < 1.29 is 14.3 Å². The molecule has 1 saturated heterocycles. The Morgan fingerprint density at radius 2 is 1.84 bits per heavy atom. The van der Waals surface area contributed by atoms with Gasteiger partial charge >= 0.3 is 0 Å². The van der Waals surface area contributed by atoms with Gasteiger partial charge in [-0.2, -0.15) is 10.2 Å². The van der Waals surface area contributed by atoms with Crippen molar-refractivity contribution in [1.82, 2.24) is 30.2 Å². The Morgan fingerprint density at radius 3 is 2.47 bits per heavy atom. The number of H-pyrrole nitrogens is 1. The van der Waals surface area contributed by atoms with Gasteiger partial charge in [0.25, 0.3) is 5.91 Å². The highest BCUT2D eigenvalue weighted by molar-refractivity contribution is 5.92. The van der Waals surface area contributed by atoms with Gasteiger partial charge in [-0.05, 0) is 55.0 Å². The summed E-state index contributed by atoms with van der Waals surface area (Å²) < 4.78 is 7.08. The van der Waals surface area contributed by atoms with Crippen LogP contribution in [0, 0.1) is 5.41 Å². The van der Waals surface area contributed by atoms with Gasteiger partial charge in [0.15, 0.2) is 0 Å². The molecule has 1 saturated carbocycles.